The van der Waals surface area contributed by atoms with E-state index in [0.29, 0.717) is 18.0 Å². The molecule has 0 aliphatic rings. The third-order valence-corrected chi connectivity index (χ3v) is 2.68. The van der Waals surface area contributed by atoms with Crippen LogP contribution in [-0.2, 0) is 11.3 Å². The van der Waals surface area contributed by atoms with Crippen molar-refractivity contribution in [1.82, 2.24) is 10.2 Å². The summed E-state index contributed by atoms with van der Waals surface area (Å²) in [6.45, 7) is 3.59. The van der Waals surface area contributed by atoms with Crippen LogP contribution in [0.4, 0.5) is 0 Å². The molecule has 0 fully saturated rings. The van der Waals surface area contributed by atoms with Crippen molar-refractivity contribution in [3.8, 4) is 11.5 Å². The molecule has 5 nitrogen and oxygen atoms in total. The molecule has 1 aromatic rings. The maximum absolute atomic E-state index is 11.6. The van der Waals surface area contributed by atoms with E-state index < -0.39 is 0 Å². The van der Waals surface area contributed by atoms with Crippen LogP contribution in [-0.4, -0.2) is 45.2 Å². The minimum Gasteiger partial charge on any atom is -0.493 e. The lowest BCUT2D eigenvalue weighted by molar-refractivity contribution is -0.130. The summed E-state index contributed by atoms with van der Waals surface area (Å²) in [6.07, 6.45) is 0. The van der Waals surface area contributed by atoms with Crippen LogP contribution in [0.2, 0.25) is 0 Å². The second kappa shape index (κ2) is 7.63. The number of carbonyl (C=O) groups excluding carboxylic acids is 1. The van der Waals surface area contributed by atoms with Crippen LogP contribution in [0.25, 0.3) is 0 Å². The molecule has 0 atom stereocenters. The smallest absolute Gasteiger partial charge is 0.259 e. The number of amides is 1. The minimum atomic E-state index is -0.0830. The summed E-state index contributed by atoms with van der Waals surface area (Å²) in [5, 5.41) is 3.24. The van der Waals surface area contributed by atoms with Crippen molar-refractivity contribution in [3.05, 3.63) is 23.8 Å². The zero-order chi connectivity index (χ0) is 14.3. The molecule has 0 aliphatic carbocycles. The van der Waals surface area contributed by atoms with Crippen molar-refractivity contribution in [2.24, 2.45) is 0 Å². The summed E-state index contributed by atoms with van der Waals surface area (Å²) < 4.78 is 10.9. The third kappa shape index (κ3) is 4.44. The first-order valence-corrected chi connectivity index (χ1v) is 6.29. The largest absolute Gasteiger partial charge is 0.493 e. The van der Waals surface area contributed by atoms with E-state index in [1.165, 1.54) is 4.90 Å². The predicted molar refractivity (Wildman–Crippen MR) is 74.6 cm³/mol. The van der Waals surface area contributed by atoms with E-state index in [1.54, 1.807) is 21.2 Å². The lowest BCUT2D eigenvalue weighted by Gasteiger charge is -2.16. The first-order chi connectivity index (χ1) is 9.10. The van der Waals surface area contributed by atoms with Gasteiger partial charge >= 0.3 is 0 Å². The van der Waals surface area contributed by atoms with Gasteiger partial charge in [0.25, 0.3) is 5.91 Å². The van der Waals surface area contributed by atoms with Gasteiger partial charge in [0.05, 0.1) is 7.11 Å². The maximum Gasteiger partial charge on any atom is 0.259 e. The molecule has 5 heteroatoms. The van der Waals surface area contributed by atoms with Crippen LogP contribution in [0.3, 0.4) is 0 Å². The molecule has 0 radical (unpaired) electrons. The van der Waals surface area contributed by atoms with Crippen LogP contribution in [0.5, 0.6) is 11.5 Å². The predicted octanol–water partition coefficient (Wildman–Crippen LogP) is 1.27. The molecule has 0 heterocycles. The van der Waals surface area contributed by atoms with Gasteiger partial charge in [-0.05, 0) is 12.6 Å². The lowest BCUT2D eigenvalue weighted by atomic mass is 10.2. The van der Waals surface area contributed by atoms with E-state index in [0.717, 1.165) is 12.1 Å². The molecular formula is C14H22N2O3. The molecule has 0 aliphatic heterocycles. The number of nitrogens with one attached hydrogen (secondary N) is 1. The van der Waals surface area contributed by atoms with E-state index in [4.69, 9.17) is 9.47 Å². The van der Waals surface area contributed by atoms with Gasteiger partial charge in [-0.2, -0.15) is 0 Å². The van der Waals surface area contributed by atoms with Gasteiger partial charge in [-0.25, -0.2) is 0 Å². The lowest BCUT2D eigenvalue weighted by Crippen LogP contribution is -2.28. The van der Waals surface area contributed by atoms with Crippen LogP contribution in [0.1, 0.15) is 12.5 Å². The molecule has 1 amide bonds. The van der Waals surface area contributed by atoms with Crippen LogP contribution in [0, 0.1) is 0 Å². The third-order valence-electron chi connectivity index (χ3n) is 2.68. The Bertz CT molecular complexity index is 419. The van der Waals surface area contributed by atoms with Crippen molar-refractivity contribution in [2.75, 3.05) is 34.4 Å². The molecule has 19 heavy (non-hydrogen) atoms. The number of carbonyl (C=O) groups is 1. The summed E-state index contributed by atoms with van der Waals surface area (Å²) in [5.41, 5.74) is 0.979. The summed E-state index contributed by atoms with van der Waals surface area (Å²) in [4.78, 5) is 13.1. The molecule has 1 N–H and O–H groups in total. The number of likely N-dealkylation sites (N-methyl/N-ethyl adjacent to an activating group) is 1. The number of hydrogen-bond donors (Lipinski definition) is 1. The molecular weight excluding hydrogens is 244 g/mol. The molecule has 0 unspecified atom stereocenters. The normalized spacial score (nSPS) is 10.1. The van der Waals surface area contributed by atoms with Crippen molar-refractivity contribution >= 4 is 5.91 Å². The number of rotatable bonds is 7. The van der Waals surface area contributed by atoms with Crippen molar-refractivity contribution in [1.29, 1.82) is 0 Å². The van der Waals surface area contributed by atoms with Crippen LogP contribution in [0.15, 0.2) is 18.2 Å². The maximum atomic E-state index is 11.6. The fourth-order valence-corrected chi connectivity index (χ4v) is 1.55. The van der Waals surface area contributed by atoms with Gasteiger partial charge in [0.2, 0.25) is 0 Å². The van der Waals surface area contributed by atoms with Crippen molar-refractivity contribution in [3.63, 3.8) is 0 Å². The molecule has 106 valence electrons. The Kier molecular flexibility index (Phi) is 6.15. The Labute approximate surface area is 114 Å². The fraction of sp³-hybridized carbons (Fsp3) is 0.500. The van der Waals surface area contributed by atoms with E-state index in [2.05, 4.69) is 5.32 Å². The van der Waals surface area contributed by atoms with Gasteiger partial charge in [0.15, 0.2) is 18.1 Å². The molecule has 1 aromatic carbocycles. The molecule has 0 saturated heterocycles. The standard InChI is InChI=1S/C14H22N2O3/c1-5-15-9-11-7-6-8-12(18-4)14(11)19-10-13(17)16(2)3/h6-8,15H,5,9-10H2,1-4H3. The number of para-hydroxylation sites is 1. The summed E-state index contributed by atoms with van der Waals surface area (Å²) >= 11 is 0. The topological polar surface area (TPSA) is 50.8 Å². The average Bonchev–Trinajstić information content (AvgIpc) is 2.42. The van der Waals surface area contributed by atoms with Gasteiger partial charge in [0.1, 0.15) is 0 Å². The zero-order valence-corrected chi connectivity index (χ0v) is 12.0. The highest BCUT2D eigenvalue weighted by molar-refractivity contribution is 5.77. The van der Waals surface area contributed by atoms with Gasteiger partial charge < -0.3 is 19.7 Å². The average molecular weight is 266 g/mol. The van der Waals surface area contributed by atoms with Gasteiger partial charge in [0, 0.05) is 26.2 Å². The number of hydrogen-bond acceptors (Lipinski definition) is 4. The molecule has 0 aromatic heterocycles. The first kappa shape index (κ1) is 15.3. The fourth-order valence-electron chi connectivity index (χ4n) is 1.55. The highest BCUT2D eigenvalue weighted by Gasteiger charge is 2.13. The number of methoxy groups -OCH3 is 1. The number of nitrogens with zero attached hydrogens (tertiary/aromatic N) is 1. The second-order valence-electron chi connectivity index (χ2n) is 4.31. The Hall–Kier alpha value is -1.75. The van der Waals surface area contributed by atoms with Crippen molar-refractivity contribution < 1.29 is 14.3 Å². The van der Waals surface area contributed by atoms with E-state index >= 15 is 0 Å². The minimum absolute atomic E-state index is 0.00645. The molecule has 0 bridgehead atoms. The van der Waals surface area contributed by atoms with Gasteiger partial charge in [-0.1, -0.05) is 19.1 Å². The van der Waals surface area contributed by atoms with Crippen LogP contribution < -0.4 is 14.8 Å². The van der Waals surface area contributed by atoms with E-state index in [-0.39, 0.29) is 12.5 Å². The number of ether oxygens (including phenoxy) is 2. The monoisotopic (exact) mass is 266 g/mol. The molecule has 0 saturated carbocycles. The van der Waals surface area contributed by atoms with Crippen molar-refractivity contribution in [2.45, 2.75) is 13.5 Å². The second-order valence-corrected chi connectivity index (χ2v) is 4.31. The Balaban J connectivity index is 2.85. The first-order valence-electron chi connectivity index (χ1n) is 6.29. The Morgan fingerprint density at radius 3 is 2.68 bits per heavy atom. The highest BCUT2D eigenvalue weighted by Crippen LogP contribution is 2.31. The highest BCUT2D eigenvalue weighted by atomic mass is 16.5. The summed E-state index contributed by atoms with van der Waals surface area (Å²) in [5.74, 6) is 1.18. The summed E-state index contributed by atoms with van der Waals surface area (Å²) in [7, 11) is 4.99. The molecule has 1 rings (SSSR count). The van der Waals surface area contributed by atoms with E-state index in [1.807, 2.05) is 25.1 Å². The Morgan fingerprint density at radius 1 is 1.37 bits per heavy atom. The quantitative estimate of drug-likeness (QED) is 0.807. The zero-order valence-electron chi connectivity index (χ0n) is 12.0. The van der Waals surface area contributed by atoms with Gasteiger partial charge in [-0.3, -0.25) is 4.79 Å². The van der Waals surface area contributed by atoms with E-state index in [9.17, 15) is 4.79 Å². The number of benzene rings is 1. The van der Waals surface area contributed by atoms with Crippen LogP contribution >= 0.6 is 0 Å². The Morgan fingerprint density at radius 2 is 2.11 bits per heavy atom. The summed E-state index contributed by atoms with van der Waals surface area (Å²) in [6, 6.07) is 5.69. The molecule has 0 spiro atoms. The van der Waals surface area contributed by atoms with Gasteiger partial charge in [-0.15, -0.1) is 0 Å². The SMILES string of the molecule is CCNCc1cccc(OC)c1OCC(=O)N(C)C.